The molecule has 2 aliphatic heterocycles. The van der Waals surface area contributed by atoms with E-state index in [4.69, 9.17) is 10.1 Å². The number of rotatable bonds is 6. The number of aromatic nitrogens is 2. The Morgan fingerprint density at radius 3 is 2.92 bits per heavy atom. The third-order valence-electron chi connectivity index (χ3n) is 5.34. The summed E-state index contributed by atoms with van der Waals surface area (Å²) in [4.78, 5) is 13.9. The van der Waals surface area contributed by atoms with Crippen LogP contribution in [0.2, 0.25) is 0 Å². The smallest absolute Gasteiger partial charge is 0.223 e. The standard InChI is InChI=1S/C20H27N5O/c26-12-11-24-9-4-5-16(15-24)13-21-20-22-14-19-18(23-20)8-10-25(19)17-6-2-1-3-7-17/h1-3,6-7,14,16,26H,4-5,8-13,15H2,(H,21,22,23)/t16-/m0/s1. The minimum Gasteiger partial charge on any atom is -0.395 e. The van der Waals surface area contributed by atoms with Gasteiger partial charge in [-0.15, -0.1) is 0 Å². The molecular weight excluding hydrogens is 326 g/mol. The van der Waals surface area contributed by atoms with Crippen molar-refractivity contribution in [1.82, 2.24) is 14.9 Å². The average Bonchev–Trinajstić information content (AvgIpc) is 3.11. The number of aliphatic hydroxyl groups is 1. The number of benzene rings is 1. The van der Waals surface area contributed by atoms with E-state index in [0.717, 1.165) is 56.5 Å². The molecule has 1 atom stereocenters. The number of nitrogens with zero attached hydrogens (tertiary/aromatic N) is 4. The molecule has 0 spiro atoms. The van der Waals surface area contributed by atoms with Crippen molar-refractivity contribution in [2.24, 2.45) is 5.92 Å². The van der Waals surface area contributed by atoms with Crippen LogP contribution in [0.15, 0.2) is 36.5 Å². The van der Waals surface area contributed by atoms with Crippen molar-refractivity contribution in [3.63, 3.8) is 0 Å². The zero-order chi connectivity index (χ0) is 17.8. The van der Waals surface area contributed by atoms with Crippen molar-refractivity contribution >= 4 is 17.3 Å². The van der Waals surface area contributed by atoms with E-state index in [1.54, 1.807) is 0 Å². The molecule has 1 fully saturated rings. The van der Waals surface area contributed by atoms with Crippen molar-refractivity contribution in [2.75, 3.05) is 49.5 Å². The average molecular weight is 353 g/mol. The van der Waals surface area contributed by atoms with E-state index in [-0.39, 0.29) is 6.61 Å². The fourth-order valence-corrected chi connectivity index (χ4v) is 4.02. The first-order valence-corrected chi connectivity index (χ1v) is 9.59. The van der Waals surface area contributed by atoms with Crippen LogP contribution in [0.4, 0.5) is 17.3 Å². The van der Waals surface area contributed by atoms with Crippen molar-refractivity contribution in [3.05, 3.63) is 42.2 Å². The lowest BCUT2D eigenvalue weighted by atomic mass is 9.98. The molecule has 26 heavy (non-hydrogen) atoms. The molecule has 0 radical (unpaired) electrons. The first-order valence-electron chi connectivity index (χ1n) is 9.59. The first-order chi connectivity index (χ1) is 12.8. The summed E-state index contributed by atoms with van der Waals surface area (Å²) in [6, 6.07) is 10.4. The lowest BCUT2D eigenvalue weighted by Crippen LogP contribution is -2.39. The maximum absolute atomic E-state index is 9.12. The largest absolute Gasteiger partial charge is 0.395 e. The highest BCUT2D eigenvalue weighted by Crippen LogP contribution is 2.33. The highest BCUT2D eigenvalue weighted by atomic mass is 16.3. The van der Waals surface area contributed by atoms with Crippen LogP contribution in [-0.4, -0.2) is 59.3 Å². The molecule has 4 rings (SSSR count). The summed E-state index contributed by atoms with van der Waals surface area (Å²) >= 11 is 0. The lowest BCUT2D eigenvalue weighted by Gasteiger charge is -2.32. The van der Waals surface area contributed by atoms with Gasteiger partial charge in [0, 0.05) is 38.3 Å². The Hall–Kier alpha value is -2.18. The van der Waals surface area contributed by atoms with Gasteiger partial charge in [-0.2, -0.15) is 0 Å². The summed E-state index contributed by atoms with van der Waals surface area (Å²) in [6.45, 7) is 5.01. The van der Waals surface area contributed by atoms with E-state index < -0.39 is 0 Å². The summed E-state index contributed by atoms with van der Waals surface area (Å²) in [5, 5.41) is 12.6. The molecule has 6 heteroatoms. The zero-order valence-electron chi connectivity index (χ0n) is 15.1. The maximum Gasteiger partial charge on any atom is 0.223 e. The van der Waals surface area contributed by atoms with Gasteiger partial charge in [0.15, 0.2) is 0 Å². The van der Waals surface area contributed by atoms with Gasteiger partial charge in [-0.25, -0.2) is 9.97 Å². The summed E-state index contributed by atoms with van der Waals surface area (Å²) in [7, 11) is 0. The predicted molar refractivity (Wildman–Crippen MR) is 104 cm³/mol. The monoisotopic (exact) mass is 353 g/mol. The van der Waals surface area contributed by atoms with Crippen LogP contribution in [0.3, 0.4) is 0 Å². The molecule has 0 saturated carbocycles. The van der Waals surface area contributed by atoms with E-state index in [2.05, 4.69) is 44.4 Å². The fourth-order valence-electron chi connectivity index (χ4n) is 4.02. The van der Waals surface area contributed by atoms with Gasteiger partial charge in [0.25, 0.3) is 0 Å². The quantitative estimate of drug-likeness (QED) is 0.831. The van der Waals surface area contributed by atoms with Crippen LogP contribution >= 0.6 is 0 Å². The molecule has 2 N–H and O–H groups in total. The second-order valence-corrected chi connectivity index (χ2v) is 7.18. The summed E-state index contributed by atoms with van der Waals surface area (Å²) in [6.07, 6.45) is 5.32. The highest BCUT2D eigenvalue weighted by molar-refractivity contribution is 5.68. The predicted octanol–water partition coefficient (Wildman–Crippen LogP) is 2.29. The SMILES string of the molecule is OCCN1CCC[C@@H](CNc2ncc3c(n2)CCN3c2ccccc2)C1. The van der Waals surface area contributed by atoms with Crippen LogP contribution in [0.5, 0.6) is 0 Å². The number of anilines is 3. The number of nitrogens with one attached hydrogen (secondary N) is 1. The van der Waals surface area contributed by atoms with Gasteiger partial charge in [-0.05, 0) is 37.4 Å². The molecule has 138 valence electrons. The van der Waals surface area contributed by atoms with Crippen molar-refractivity contribution in [1.29, 1.82) is 0 Å². The van der Waals surface area contributed by atoms with Gasteiger partial charge in [0.1, 0.15) is 0 Å². The van der Waals surface area contributed by atoms with Gasteiger partial charge in [0.2, 0.25) is 5.95 Å². The van der Waals surface area contributed by atoms with E-state index in [9.17, 15) is 0 Å². The number of likely N-dealkylation sites (tertiary alicyclic amines) is 1. The molecule has 6 nitrogen and oxygen atoms in total. The van der Waals surface area contributed by atoms with Gasteiger partial charge in [0.05, 0.1) is 24.2 Å². The molecule has 1 aromatic carbocycles. The Bertz CT molecular complexity index is 721. The molecule has 1 aromatic heterocycles. The maximum atomic E-state index is 9.12. The van der Waals surface area contributed by atoms with Crippen molar-refractivity contribution in [2.45, 2.75) is 19.3 Å². The number of piperidine rings is 1. The second-order valence-electron chi connectivity index (χ2n) is 7.18. The third kappa shape index (κ3) is 3.81. The highest BCUT2D eigenvalue weighted by Gasteiger charge is 2.23. The fraction of sp³-hybridized carbons (Fsp3) is 0.500. The van der Waals surface area contributed by atoms with Crippen LogP contribution in [-0.2, 0) is 6.42 Å². The number of hydrogen-bond acceptors (Lipinski definition) is 6. The van der Waals surface area contributed by atoms with E-state index >= 15 is 0 Å². The lowest BCUT2D eigenvalue weighted by molar-refractivity contribution is 0.144. The molecule has 0 amide bonds. The van der Waals surface area contributed by atoms with Crippen molar-refractivity contribution < 1.29 is 5.11 Å². The normalized spacial score (nSPS) is 20.2. The summed E-state index contributed by atoms with van der Waals surface area (Å²) < 4.78 is 0. The molecule has 0 unspecified atom stereocenters. The third-order valence-corrected chi connectivity index (χ3v) is 5.34. The van der Waals surface area contributed by atoms with E-state index in [0.29, 0.717) is 5.92 Å². The number of para-hydroxylation sites is 1. The molecule has 0 aliphatic carbocycles. The van der Waals surface area contributed by atoms with E-state index in [1.165, 1.54) is 18.5 Å². The Kier molecular flexibility index (Phi) is 5.32. The van der Waals surface area contributed by atoms with Gasteiger partial charge in [-0.3, -0.25) is 0 Å². The number of hydrogen-bond donors (Lipinski definition) is 2. The Labute approximate surface area is 154 Å². The minimum atomic E-state index is 0.242. The molecule has 3 heterocycles. The zero-order valence-corrected chi connectivity index (χ0v) is 15.1. The van der Waals surface area contributed by atoms with Crippen LogP contribution in [0, 0.1) is 5.92 Å². The molecule has 2 aromatic rings. The van der Waals surface area contributed by atoms with Gasteiger partial charge < -0.3 is 20.2 Å². The molecule has 1 saturated heterocycles. The van der Waals surface area contributed by atoms with Crippen LogP contribution in [0.25, 0.3) is 0 Å². The van der Waals surface area contributed by atoms with Gasteiger partial charge in [-0.1, -0.05) is 18.2 Å². The number of β-amino-alcohol motifs (C(OH)–C–C–N with tert-alkyl or cyclic N) is 1. The topological polar surface area (TPSA) is 64.5 Å². The summed E-state index contributed by atoms with van der Waals surface area (Å²) in [5.41, 5.74) is 3.44. The van der Waals surface area contributed by atoms with Gasteiger partial charge >= 0.3 is 0 Å². The Morgan fingerprint density at radius 2 is 2.08 bits per heavy atom. The molecular formula is C20H27N5O. The second kappa shape index (κ2) is 8.01. The summed E-state index contributed by atoms with van der Waals surface area (Å²) in [5.74, 6) is 1.32. The minimum absolute atomic E-state index is 0.242. The van der Waals surface area contributed by atoms with Crippen LogP contribution in [0.1, 0.15) is 18.5 Å². The van der Waals surface area contributed by atoms with Crippen molar-refractivity contribution in [3.8, 4) is 0 Å². The number of fused-ring (bicyclic) bond motifs is 1. The Morgan fingerprint density at radius 1 is 1.19 bits per heavy atom. The number of aliphatic hydroxyl groups excluding tert-OH is 1. The molecule has 2 aliphatic rings. The molecule has 0 bridgehead atoms. The Balaban J connectivity index is 1.38. The van der Waals surface area contributed by atoms with Crippen LogP contribution < -0.4 is 10.2 Å². The van der Waals surface area contributed by atoms with E-state index in [1.807, 2.05) is 12.3 Å². The first kappa shape index (κ1) is 17.2.